The SMILES string of the molecule is Cc1nn(C)c(N2CCCOC(C)C2)c1C(N)=NO. The molecule has 0 saturated carbocycles. The average Bonchev–Trinajstić information content (AvgIpc) is 2.53. The number of oxime groups is 1. The lowest BCUT2D eigenvalue weighted by Crippen LogP contribution is -2.33. The van der Waals surface area contributed by atoms with Gasteiger partial charge in [0.15, 0.2) is 5.84 Å². The minimum atomic E-state index is 0.0958. The van der Waals surface area contributed by atoms with Crippen LogP contribution in [0.2, 0.25) is 0 Å². The Balaban J connectivity index is 2.42. The number of ether oxygens (including phenoxy) is 1. The molecule has 106 valence electrons. The maximum Gasteiger partial charge on any atom is 0.175 e. The van der Waals surface area contributed by atoms with Gasteiger partial charge in [-0.2, -0.15) is 5.10 Å². The first-order valence-electron chi connectivity index (χ1n) is 6.42. The van der Waals surface area contributed by atoms with E-state index >= 15 is 0 Å². The summed E-state index contributed by atoms with van der Waals surface area (Å²) in [4.78, 5) is 2.19. The van der Waals surface area contributed by atoms with Crippen molar-refractivity contribution >= 4 is 11.7 Å². The highest BCUT2D eigenvalue weighted by Gasteiger charge is 2.25. The molecule has 1 aliphatic rings. The van der Waals surface area contributed by atoms with Crippen LogP contribution in [0.15, 0.2) is 5.16 Å². The first-order valence-corrected chi connectivity index (χ1v) is 6.42. The fourth-order valence-electron chi connectivity index (χ4n) is 2.55. The zero-order chi connectivity index (χ0) is 14.0. The van der Waals surface area contributed by atoms with Crippen molar-refractivity contribution in [2.75, 3.05) is 24.6 Å². The van der Waals surface area contributed by atoms with Gasteiger partial charge in [0.25, 0.3) is 0 Å². The number of aromatic nitrogens is 2. The summed E-state index contributed by atoms with van der Waals surface area (Å²) in [6, 6.07) is 0. The number of rotatable bonds is 2. The van der Waals surface area contributed by atoms with Gasteiger partial charge in [0, 0.05) is 26.7 Å². The van der Waals surface area contributed by atoms with Crippen molar-refractivity contribution < 1.29 is 9.94 Å². The third-order valence-electron chi connectivity index (χ3n) is 3.31. The van der Waals surface area contributed by atoms with E-state index in [1.807, 2.05) is 20.9 Å². The van der Waals surface area contributed by atoms with Gasteiger partial charge in [0.1, 0.15) is 5.82 Å². The van der Waals surface area contributed by atoms with Gasteiger partial charge in [0.05, 0.1) is 17.4 Å². The Morgan fingerprint density at radius 1 is 1.58 bits per heavy atom. The quantitative estimate of drug-likeness (QED) is 0.351. The number of nitrogens with zero attached hydrogens (tertiary/aromatic N) is 4. The lowest BCUT2D eigenvalue weighted by Gasteiger charge is -2.25. The van der Waals surface area contributed by atoms with Crippen molar-refractivity contribution in [2.45, 2.75) is 26.4 Å². The minimum Gasteiger partial charge on any atom is -0.409 e. The minimum absolute atomic E-state index is 0.0958. The predicted molar refractivity (Wildman–Crippen MR) is 72.7 cm³/mol. The summed E-state index contributed by atoms with van der Waals surface area (Å²) in [7, 11) is 1.87. The molecule has 2 heterocycles. The molecule has 1 saturated heterocycles. The number of hydrogen-bond donors (Lipinski definition) is 2. The van der Waals surface area contributed by atoms with E-state index in [4.69, 9.17) is 15.7 Å². The van der Waals surface area contributed by atoms with Crippen LogP contribution in [-0.2, 0) is 11.8 Å². The van der Waals surface area contributed by atoms with Crippen LogP contribution in [0.3, 0.4) is 0 Å². The Bertz CT molecular complexity index is 483. The second kappa shape index (κ2) is 5.48. The van der Waals surface area contributed by atoms with E-state index in [0.717, 1.165) is 37.6 Å². The molecule has 0 spiro atoms. The molecule has 7 nitrogen and oxygen atoms in total. The number of anilines is 1. The lowest BCUT2D eigenvalue weighted by molar-refractivity contribution is 0.0820. The van der Waals surface area contributed by atoms with E-state index in [1.54, 1.807) is 4.68 Å². The van der Waals surface area contributed by atoms with E-state index in [9.17, 15) is 0 Å². The van der Waals surface area contributed by atoms with Crippen LogP contribution in [0.1, 0.15) is 24.6 Å². The van der Waals surface area contributed by atoms with Gasteiger partial charge in [-0.3, -0.25) is 4.68 Å². The smallest absolute Gasteiger partial charge is 0.175 e. The number of amidine groups is 1. The van der Waals surface area contributed by atoms with Crippen LogP contribution in [0.25, 0.3) is 0 Å². The monoisotopic (exact) mass is 267 g/mol. The van der Waals surface area contributed by atoms with E-state index in [1.165, 1.54) is 0 Å². The largest absolute Gasteiger partial charge is 0.409 e. The molecular formula is C12H21N5O2. The van der Waals surface area contributed by atoms with Crippen LogP contribution in [-0.4, -0.2) is 46.6 Å². The van der Waals surface area contributed by atoms with Crippen molar-refractivity contribution in [2.24, 2.45) is 17.9 Å². The summed E-state index contributed by atoms with van der Waals surface area (Å²) < 4.78 is 7.42. The van der Waals surface area contributed by atoms with E-state index in [2.05, 4.69) is 15.2 Å². The van der Waals surface area contributed by atoms with Crippen LogP contribution in [0.4, 0.5) is 5.82 Å². The van der Waals surface area contributed by atoms with Crippen molar-refractivity contribution in [3.05, 3.63) is 11.3 Å². The molecule has 1 unspecified atom stereocenters. The fraction of sp³-hybridized carbons (Fsp3) is 0.667. The van der Waals surface area contributed by atoms with Crippen LogP contribution < -0.4 is 10.6 Å². The van der Waals surface area contributed by atoms with Crippen LogP contribution >= 0.6 is 0 Å². The fourth-order valence-corrected chi connectivity index (χ4v) is 2.55. The van der Waals surface area contributed by atoms with Crippen molar-refractivity contribution in [1.29, 1.82) is 0 Å². The third kappa shape index (κ3) is 2.65. The molecule has 2 rings (SSSR count). The summed E-state index contributed by atoms with van der Waals surface area (Å²) in [6.07, 6.45) is 1.10. The average molecular weight is 267 g/mol. The van der Waals surface area contributed by atoms with Crippen molar-refractivity contribution in [1.82, 2.24) is 9.78 Å². The normalized spacial score (nSPS) is 21.5. The molecule has 0 amide bonds. The molecule has 3 N–H and O–H groups in total. The van der Waals surface area contributed by atoms with Gasteiger partial charge in [-0.25, -0.2) is 0 Å². The Morgan fingerprint density at radius 2 is 2.32 bits per heavy atom. The van der Waals surface area contributed by atoms with Crippen molar-refractivity contribution in [3.63, 3.8) is 0 Å². The van der Waals surface area contributed by atoms with Gasteiger partial charge in [-0.1, -0.05) is 5.16 Å². The molecule has 1 aliphatic heterocycles. The van der Waals surface area contributed by atoms with Crippen LogP contribution in [0.5, 0.6) is 0 Å². The van der Waals surface area contributed by atoms with Crippen molar-refractivity contribution in [3.8, 4) is 0 Å². The summed E-state index contributed by atoms with van der Waals surface area (Å²) in [5, 5.41) is 16.4. The molecule has 0 bridgehead atoms. The van der Waals surface area contributed by atoms with Gasteiger partial charge in [0.2, 0.25) is 0 Å². The molecule has 7 heteroatoms. The topological polar surface area (TPSA) is 88.9 Å². The highest BCUT2D eigenvalue weighted by molar-refractivity contribution is 6.02. The summed E-state index contributed by atoms with van der Waals surface area (Å²) in [5.74, 6) is 0.976. The Hall–Kier alpha value is -1.76. The first kappa shape index (κ1) is 13.7. The second-order valence-corrected chi connectivity index (χ2v) is 4.87. The van der Waals surface area contributed by atoms with Crippen LogP contribution in [0, 0.1) is 6.92 Å². The van der Waals surface area contributed by atoms with E-state index in [-0.39, 0.29) is 11.9 Å². The standard InChI is InChI=1S/C12H21N5O2/c1-8-7-17(5-4-6-19-8)12-10(11(13)15-18)9(2)14-16(12)3/h8,18H,4-7H2,1-3H3,(H2,13,15). The molecule has 1 aromatic rings. The number of hydrogen-bond acceptors (Lipinski definition) is 5. The number of aryl methyl sites for hydroxylation is 2. The second-order valence-electron chi connectivity index (χ2n) is 4.87. The Morgan fingerprint density at radius 3 is 3.00 bits per heavy atom. The lowest BCUT2D eigenvalue weighted by atomic mass is 10.2. The summed E-state index contributed by atoms with van der Waals surface area (Å²) in [5.41, 5.74) is 7.23. The van der Waals surface area contributed by atoms with Gasteiger partial charge in [-0.05, 0) is 20.3 Å². The molecule has 0 aliphatic carbocycles. The maximum atomic E-state index is 8.93. The molecule has 1 atom stereocenters. The van der Waals surface area contributed by atoms with Gasteiger partial charge in [-0.15, -0.1) is 0 Å². The number of nitrogens with two attached hydrogens (primary N) is 1. The van der Waals surface area contributed by atoms with Gasteiger partial charge < -0.3 is 20.6 Å². The molecule has 0 radical (unpaired) electrons. The maximum absolute atomic E-state index is 8.93. The molecular weight excluding hydrogens is 246 g/mol. The zero-order valence-corrected chi connectivity index (χ0v) is 11.6. The molecule has 19 heavy (non-hydrogen) atoms. The molecule has 1 fully saturated rings. The van der Waals surface area contributed by atoms with Gasteiger partial charge >= 0.3 is 0 Å². The molecule has 1 aromatic heterocycles. The zero-order valence-electron chi connectivity index (χ0n) is 11.6. The Kier molecular flexibility index (Phi) is 3.94. The highest BCUT2D eigenvalue weighted by atomic mass is 16.5. The van der Waals surface area contributed by atoms with E-state index in [0.29, 0.717) is 5.56 Å². The Labute approximate surface area is 112 Å². The first-order chi connectivity index (χ1) is 9.04. The summed E-state index contributed by atoms with van der Waals surface area (Å²) >= 11 is 0. The molecule has 0 aromatic carbocycles. The van der Waals surface area contributed by atoms with E-state index < -0.39 is 0 Å². The third-order valence-corrected chi connectivity index (χ3v) is 3.31. The predicted octanol–water partition coefficient (Wildman–Crippen LogP) is 0.438. The summed E-state index contributed by atoms with van der Waals surface area (Å²) in [6.45, 7) is 6.30. The highest BCUT2D eigenvalue weighted by Crippen LogP contribution is 2.24.